The van der Waals surface area contributed by atoms with Crippen molar-refractivity contribution in [3.05, 3.63) is 29.8 Å². The molecule has 1 heterocycles. The standard InChI is InChI=1S/C15H18F3NO/c16-15(17,18)11-3-1-4-12(9-11)19-13-5-8-20-14(10-13)6-2-7-14/h1,3-4,9,13,19H,2,5-8,10H2. The molecule has 1 aliphatic heterocycles. The number of alkyl halides is 3. The van der Waals surface area contributed by atoms with Gasteiger partial charge in [-0.25, -0.2) is 0 Å². The van der Waals surface area contributed by atoms with Gasteiger partial charge in [0.2, 0.25) is 0 Å². The van der Waals surface area contributed by atoms with Crippen LogP contribution in [0.5, 0.6) is 0 Å². The molecular weight excluding hydrogens is 267 g/mol. The summed E-state index contributed by atoms with van der Waals surface area (Å²) < 4.78 is 43.9. The Morgan fingerprint density at radius 1 is 1.25 bits per heavy atom. The highest BCUT2D eigenvalue weighted by atomic mass is 19.4. The van der Waals surface area contributed by atoms with E-state index in [1.807, 2.05) is 0 Å². The lowest BCUT2D eigenvalue weighted by Crippen LogP contribution is -2.49. The average molecular weight is 285 g/mol. The largest absolute Gasteiger partial charge is 0.416 e. The minimum atomic E-state index is -4.29. The first-order chi connectivity index (χ1) is 9.47. The summed E-state index contributed by atoms with van der Waals surface area (Å²) in [6, 6.07) is 5.63. The van der Waals surface area contributed by atoms with Crippen molar-refractivity contribution in [1.82, 2.24) is 0 Å². The van der Waals surface area contributed by atoms with Crippen molar-refractivity contribution >= 4 is 5.69 Å². The van der Waals surface area contributed by atoms with E-state index in [0.717, 1.165) is 31.7 Å². The average Bonchev–Trinajstić information content (AvgIpc) is 2.36. The number of hydrogen-bond donors (Lipinski definition) is 1. The van der Waals surface area contributed by atoms with E-state index in [4.69, 9.17) is 4.74 Å². The maximum atomic E-state index is 12.7. The summed E-state index contributed by atoms with van der Waals surface area (Å²) in [5, 5.41) is 3.24. The van der Waals surface area contributed by atoms with Crippen LogP contribution in [0.1, 0.15) is 37.7 Å². The molecule has 1 aromatic rings. The highest BCUT2D eigenvalue weighted by molar-refractivity contribution is 5.47. The molecule has 1 atom stereocenters. The van der Waals surface area contributed by atoms with E-state index in [1.165, 1.54) is 18.6 Å². The normalized spacial score (nSPS) is 25.2. The van der Waals surface area contributed by atoms with E-state index in [1.54, 1.807) is 6.07 Å². The topological polar surface area (TPSA) is 21.3 Å². The summed E-state index contributed by atoms with van der Waals surface area (Å²) in [7, 11) is 0. The number of halogens is 3. The highest BCUT2D eigenvalue weighted by Gasteiger charge is 2.42. The summed E-state index contributed by atoms with van der Waals surface area (Å²) in [6.45, 7) is 0.691. The fraction of sp³-hybridized carbons (Fsp3) is 0.600. The molecule has 2 aliphatic rings. The second kappa shape index (κ2) is 4.95. The van der Waals surface area contributed by atoms with E-state index in [-0.39, 0.29) is 11.6 Å². The third kappa shape index (κ3) is 2.77. The molecule has 1 saturated carbocycles. The van der Waals surface area contributed by atoms with E-state index in [0.29, 0.717) is 12.3 Å². The molecule has 2 fully saturated rings. The molecule has 1 N–H and O–H groups in total. The number of nitrogens with one attached hydrogen (secondary N) is 1. The molecule has 1 unspecified atom stereocenters. The van der Waals surface area contributed by atoms with Crippen LogP contribution in [-0.2, 0) is 10.9 Å². The first-order valence-corrected chi connectivity index (χ1v) is 7.05. The van der Waals surface area contributed by atoms with Crippen LogP contribution >= 0.6 is 0 Å². The van der Waals surface area contributed by atoms with Gasteiger partial charge in [-0.2, -0.15) is 13.2 Å². The van der Waals surface area contributed by atoms with Crippen molar-refractivity contribution in [2.75, 3.05) is 11.9 Å². The van der Waals surface area contributed by atoms with Gasteiger partial charge in [0.15, 0.2) is 0 Å². The molecule has 5 heteroatoms. The lowest BCUT2D eigenvalue weighted by molar-refractivity contribution is -0.137. The van der Waals surface area contributed by atoms with Crippen LogP contribution in [0.15, 0.2) is 24.3 Å². The van der Waals surface area contributed by atoms with Gasteiger partial charge in [0, 0.05) is 18.3 Å². The monoisotopic (exact) mass is 285 g/mol. The zero-order valence-electron chi connectivity index (χ0n) is 11.2. The van der Waals surface area contributed by atoms with E-state index < -0.39 is 11.7 Å². The van der Waals surface area contributed by atoms with Crippen molar-refractivity contribution in [3.63, 3.8) is 0 Å². The van der Waals surface area contributed by atoms with Crippen molar-refractivity contribution in [3.8, 4) is 0 Å². The lowest BCUT2D eigenvalue weighted by atomic mass is 9.74. The molecule has 0 bridgehead atoms. The molecule has 2 nitrogen and oxygen atoms in total. The number of hydrogen-bond acceptors (Lipinski definition) is 2. The van der Waals surface area contributed by atoms with Gasteiger partial charge < -0.3 is 10.1 Å². The van der Waals surface area contributed by atoms with Gasteiger partial charge in [0.1, 0.15) is 0 Å². The maximum absolute atomic E-state index is 12.7. The van der Waals surface area contributed by atoms with Crippen LogP contribution in [0.3, 0.4) is 0 Å². The summed E-state index contributed by atoms with van der Waals surface area (Å²) >= 11 is 0. The van der Waals surface area contributed by atoms with Gasteiger partial charge in [0.05, 0.1) is 11.2 Å². The molecule has 0 aromatic heterocycles. The van der Waals surface area contributed by atoms with E-state index in [9.17, 15) is 13.2 Å². The van der Waals surface area contributed by atoms with Gasteiger partial charge in [-0.3, -0.25) is 0 Å². The Balaban J connectivity index is 1.68. The van der Waals surface area contributed by atoms with Crippen molar-refractivity contribution in [1.29, 1.82) is 0 Å². The van der Waals surface area contributed by atoms with E-state index >= 15 is 0 Å². The zero-order chi connectivity index (χ0) is 14.2. The molecule has 0 amide bonds. The molecule has 1 saturated heterocycles. The third-order valence-corrected chi connectivity index (χ3v) is 4.32. The van der Waals surface area contributed by atoms with Crippen LogP contribution in [0.25, 0.3) is 0 Å². The Kier molecular flexibility index (Phi) is 3.40. The molecular formula is C15H18F3NO. The molecule has 110 valence electrons. The van der Waals surface area contributed by atoms with Crippen LogP contribution < -0.4 is 5.32 Å². The Morgan fingerprint density at radius 2 is 2.05 bits per heavy atom. The predicted molar refractivity (Wildman–Crippen MR) is 70.6 cm³/mol. The summed E-state index contributed by atoms with van der Waals surface area (Å²) in [5.41, 5.74) is -0.0634. The number of anilines is 1. The van der Waals surface area contributed by atoms with Gasteiger partial charge in [-0.15, -0.1) is 0 Å². The minimum Gasteiger partial charge on any atom is -0.382 e. The number of rotatable bonds is 2. The van der Waals surface area contributed by atoms with Gasteiger partial charge in [-0.05, 0) is 50.3 Å². The van der Waals surface area contributed by atoms with Crippen molar-refractivity contribution < 1.29 is 17.9 Å². The molecule has 0 radical (unpaired) electrons. The Hall–Kier alpha value is -1.23. The van der Waals surface area contributed by atoms with Gasteiger partial charge >= 0.3 is 6.18 Å². The van der Waals surface area contributed by atoms with Crippen LogP contribution in [0, 0.1) is 0 Å². The number of benzene rings is 1. The second-order valence-corrected chi connectivity index (χ2v) is 5.80. The second-order valence-electron chi connectivity index (χ2n) is 5.80. The predicted octanol–water partition coefficient (Wildman–Crippen LogP) is 4.22. The van der Waals surface area contributed by atoms with Crippen molar-refractivity contribution in [2.45, 2.75) is 49.9 Å². The maximum Gasteiger partial charge on any atom is 0.416 e. The summed E-state index contributed by atoms with van der Waals surface area (Å²) in [4.78, 5) is 0. The fourth-order valence-corrected chi connectivity index (χ4v) is 3.09. The van der Waals surface area contributed by atoms with Crippen LogP contribution in [-0.4, -0.2) is 18.2 Å². The highest BCUT2D eigenvalue weighted by Crippen LogP contribution is 2.43. The Labute approximate surface area is 116 Å². The van der Waals surface area contributed by atoms with E-state index in [2.05, 4.69) is 5.32 Å². The molecule has 1 spiro atoms. The SMILES string of the molecule is FC(F)(F)c1cccc(NC2CCOC3(CCC3)C2)c1. The van der Waals surface area contributed by atoms with Gasteiger partial charge in [0.25, 0.3) is 0 Å². The quantitative estimate of drug-likeness (QED) is 0.878. The smallest absolute Gasteiger partial charge is 0.382 e. The van der Waals surface area contributed by atoms with Crippen LogP contribution in [0.2, 0.25) is 0 Å². The molecule has 1 aliphatic carbocycles. The Bertz CT molecular complexity index is 482. The number of ether oxygens (including phenoxy) is 1. The Morgan fingerprint density at radius 3 is 2.70 bits per heavy atom. The summed E-state index contributed by atoms with van der Waals surface area (Å²) in [6.07, 6.45) is 0.793. The van der Waals surface area contributed by atoms with Gasteiger partial charge in [-0.1, -0.05) is 6.07 Å². The molecule has 20 heavy (non-hydrogen) atoms. The first kappa shape index (κ1) is 13.7. The lowest BCUT2D eigenvalue weighted by Gasteiger charge is -2.47. The molecule has 1 aromatic carbocycles. The minimum absolute atomic E-state index is 0.00243. The first-order valence-electron chi connectivity index (χ1n) is 7.05. The fourth-order valence-electron chi connectivity index (χ4n) is 3.09. The summed E-state index contributed by atoms with van der Waals surface area (Å²) in [5.74, 6) is 0. The molecule has 3 rings (SSSR count). The van der Waals surface area contributed by atoms with Crippen molar-refractivity contribution in [2.24, 2.45) is 0 Å². The zero-order valence-corrected chi connectivity index (χ0v) is 11.2. The van der Waals surface area contributed by atoms with Crippen LogP contribution in [0.4, 0.5) is 18.9 Å². The third-order valence-electron chi connectivity index (χ3n) is 4.32.